The molecule has 6 heteroatoms. The first kappa shape index (κ1) is 13.3. The Morgan fingerprint density at radius 1 is 1.35 bits per heavy atom. The Morgan fingerprint density at radius 2 is 2.15 bits per heavy atom. The zero-order chi connectivity index (χ0) is 13.9. The minimum absolute atomic E-state index is 0.0508. The van der Waals surface area contributed by atoms with Crippen LogP contribution in [0.2, 0.25) is 0 Å². The molecule has 1 amide bonds. The predicted octanol–water partition coefficient (Wildman–Crippen LogP) is 0.211. The van der Waals surface area contributed by atoms with Crippen LogP contribution in [0.25, 0.3) is 0 Å². The number of pyridine rings is 1. The van der Waals surface area contributed by atoms with Gasteiger partial charge in [-0.3, -0.25) is 9.69 Å². The molecule has 2 saturated heterocycles. The average Bonchev–Trinajstić information content (AvgIpc) is 2.97. The molecule has 0 bridgehead atoms. The summed E-state index contributed by atoms with van der Waals surface area (Å²) in [5.74, 6) is 0.439. The second-order valence-electron chi connectivity index (χ2n) is 5.31. The Balaban J connectivity index is 1.63. The van der Waals surface area contributed by atoms with Crippen LogP contribution >= 0.6 is 0 Å². The SMILES string of the molecule is Nc1cc(C(=O)N2CCC(N3CCOCC3)C2)ccn1. The summed E-state index contributed by atoms with van der Waals surface area (Å²) in [5.41, 5.74) is 6.26. The third-order valence-corrected chi connectivity index (χ3v) is 4.04. The van der Waals surface area contributed by atoms with Crippen molar-refractivity contribution in [1.82, 2.24) is 14.8 Å². The molecule has 3 heterocycles. The maximum absolute atomic E-state index is 12.4. The van der Waals surface area contributed by atoms with E-state index in [1.165, 1.54) is 0 Å². The molecule has 1 aromatic heterocycles. The molecule has 1 unspecified atom stereocenters. The second kappa shape index (κ2) is 5.76. The van der Waals surface area contributed by atoms with Crippen LogP contribution in [0.1, 0.15) is 16.8 Å². The zero-order valence-electron chi connectivity index (χ0n) is 11.5. The van der Waals surface area contributed by atoms with Crippen molar-refractivity contribution in [3.8, 4) is 0 Å². The number of likely N-dealkylation sites (tertiary alicyclic amines) is 1. The second-order valence-corrected chi connectivity index (χ2v) is 5.31. The van der Waals surface area contributed by atoms with Crippen LogP contribution < -0.4 is 5.73 Å². The molecule has 0 aliphatic carbocycles. The highest BCUT2D eigenvalue weighted by atomic mass is 16.5. The van der Waals surface area contributed by atoms with Gasteiger partial charge in [0.15, 0.2) is 0 Å². The zero-order valence-corrected chi connectivity index (χ0v) is 11.5. The molecule has 0 aromatic carbocycles. The molecule has 2 aliphatic heterocycles. The van der Waals surface area contributed by atoms with E-state index in [1.807, 2.05) is 4.90 Å². The fourth-order valence-electron chi connectivity index (χ4n) is 2.93. The van der Waals surface area contributed by atoms with Gasteiger partial charge >= 0.3 is 0 Å². The molecule has 0 saturated carbocycles. The van der Waals surface area contributed by atoms with E-state index in [-0.39, 0.29) is 5.91 Å². The molecular formula is C14H20N4O2. The summed E-state index contributed by atoms with van der Waals surface area (Å²) in [6.07, 6.45) is 2.62. The van der Waals surface area contributed by atoms with Crippen molar-refractivity contribution in [3.05, 3.63) is 23.9 Å². The number of anilines is 1. The Labute approximate surface area is 118 Å². The van der Waals surface area contributed by atoms with Gasteiger partial charge < -0.3 is 15.4 Å². The summed E-state index contributed by atoms with van der Waals surface area (Å²) in [7, 11) is 0. The van der Waals surface area contributed by atoms with Gasteiger partial charge in [-0.25, -0.2) is 4.98 Å². The fourth-order valence-corrected chi connectivity index (χ4v) is 2.93. The minimum atomic E-state index is 0.0508. The van der Waals surface area contributed by atoms with Crippen molar-refractivity contribution in [2.75, 3.05) is 45.1 Å². The quantitative estimate of drug-likeness (QED) is 0.836. The van der Waals surface area contributed by atoms with E-state index in [9.17, 15) is 4.79 Å². The van der Waals surface area contributed by atoms with E-state index in [0.717, 1.165) is 45.8 Å². The van der Waals surface area contributed by atoms with Crippen molar-refractivity contribution in [1.29, 1.82) is 0 Å². The van der Waals surface area contributed by atoms with Gasteiger partial charge in [0, 0.05) is 44.0 Å². The molecule has 2 N–H and O–H groups in total. The van der Waals surface area contributed by atoms with Gasteiger partial charge in [-0.15, -0.1) is 0 Å². The highest BCUT2D eigenvalue weighted by Gasteiger charge is 2.31. The molecule has 108 valence electrons. The van der Waals surface area contributed by atoms with Crippen molar-refractivity contribution in [3.63, 3.8) is 0 Å². The van der Waals surface area contributed by atoms with Gasteiger partial charge in [0.05, 0.1) is 13.2 Å². The van der Waals surface area contributed by atoms with Crippen LogP contribution in [0, 0.1) is 0 Å². The predicted molar refractivity (Wildman–Crippen MR) is 75.3 cm³/mol. The first-order valence-electron chi connectivity index (χ1n) is 7.06. The van der Waals surface area contributed by atoms with Gasteiger partial charge in [-0.05, 0) is 18.6 Å². The summed E-state index contributed by atoms with van der Waals surface area (Å²) < 4.78 is 5.37. The molecule has 3 rings (SSSR count). The lowest BCUT2D eigenvalue weighted by atomic mass is 10.2. The van der Waals surface area contributed by atoms with Crippen LogP contribution in [-0.2, 0) is 4.74 Å². The molecule has 2 aliphatic rings. The molecule has 0 radical (unpaired) electrons. The van der Waals surface area contributed by atoms with Gasteiger partial charge in [0.1, 0.15) is 5.82 Å². The van der Waals surface area contributed by atoms with E-state index in [0.29, 0.717) is 17.4 Å². The van der Waals surface area contributed by atoms with Crippen molar-refractivity contribution >= 4 is 11.7 Å². The van der Waals surface area contributed by atoms with E-state index < -0.39 is 0 Å². The number of nitrogens with zero attached hydrogens (tertiary/aromatic N) is 3. The molecule has 20 heavy (non-hydrogen) atoms. The van der Waals surface area contributed by atoms with Crippen molar-refractivity contribution in [2.24, 2.45) is 0 Å². The Hall–Kier alpha value is -1.66. The summed E-state index contributed by atoms with van der Waals surface area (Å²) >= 11 is 0. The van der Waals surface area contributed by atoms with Crippen LogP contribution in [0.5, 0.6) is 0 Å². The number of nitrogen functional groups attached to an aromatic ring is 1. The molecule has 1 atom stereocenters. The summed E-state index contributed by atoms with van der Waals surface area (Å²) in [5, 5.41) is 0. The molecular weight excluding hydrogens is 256 g/mol. The molecule has 0 spiro atoms. The highest BCUT2D eigenvalue weighted by molar-refractivity contribution is 5.94. The van der Waals surface area contributed by atoms with E-state index in [2.05, 4.69) is 9.88 Å². The van der Waals surface area contributed by atoms with Crippen LogP contribution in [0.15, 0.2) is 18.3 Å². The fraction of sp³-hybridized carbons (Fsp3) is 0.571. The smallest absolute Gasteiger partial charge is 0.254 e. The lowest BCUT2D eigenvalue weighted by molar-refractivity contribution is 0.0185. The maximum atomic E-state index is 12.4. The van der Waals surface area contributed by atoms with Crippen LogP contribution in [0.3, 0.4) is 0 Å². The number of rotatable bonds is 2. The summed E-state index contributed by atoms with van der Waals surface area (Å²) in [6, 6.07) is 3.83. The Kier molecular flexibility index (Phi) is 3.84. The minimum Gasteiger partial charge on any atom is -0.384 e. The topological polar surface area (TPSA) is 71.7 Å². The lowest BCUT2D eigenvalue weighted by Gasteiger charge is -2.32. The van der Waals surface area contributed by atoms with E-state index >= 15 is 0 Å². The van der Waals surface area contributed by atoms with Gasteiger partial charge in [-0.1, -0.05) is 0 Å². The van der Waals surface area contributed by atoms with Crippen molar-refractivity contribution in [2.45, 2.75) is 12.5 Å². The number of ether oxygens (including phenoxy) is 1. The number of nitrogens with two attached hydrogens (primary N) is 1. The van der Waals surface area contributed by atoms with Crippen LogP contribution in [-0.4, -0.2) is 66.1 Å². The number of carbonyl (C=O) groups is 1. The van der Waals surface area contributed by atoms with Crippen molar-refractivity contribution < 1.29 is 9.53 Å². The molecule has 1 aromatic rings. The number of carbonyl (C=O) groups excluding carboxylic acids is 1. The van der Waals surface area contributed by atoms with Gasteiger partial charge in [0.25, 0.3) is 5.91 Å². The number of morpholine rings is 1. The Bertz CT molecular complexity index is 488. The highest BCUT2D eigenvalue weighted by Crippen LogP contribution is 2.19. The van der Waals surface area contributed by atoms with Crippen LogP contribution in [0.4, 0.5) is 5.82 Å². The van der Waals surface area contributed by atoms with E-state index in [1.54, 1.807) is 18.3 Å². The molecule has 2 fully saturated rings. The standard InChI is InChI=1S/C14H20N4O2/c15-13-9-11(1-3-16-13)14(19)18-4-2-12(10-18)17-5-7-20-8-6-17/h1,3,9,12H,2,4-8,10H2,(H2,15,16). The third-order valence-electron chi connectivity index (χ3n) is 4.04. The number of amides is 1. The Morgan fingerprint density at radius 3 is 2.90 bits per heavy atom. The molecule has 6 nitrogen and oxygen atoms in total. The lowest BCUT2D eigenvalue weighted by Crippen LogP contribution is -2.45. The normalized spacial score (nSPS) is 24.0. The number of aromatic nitrogens is 1. The average molecular weight is 276 g/mol. The largest absolute Gasteiger partial charge is 0.384 e. The monoisotopic (exact) mass is 276 g/mol. The number of hydrogen-bond donors (Lipinski definition) is 1. The van der Waals surface area contributed by atoms with E-state index in [4.69, 9.17) is 10.5 Å². The first-order valence-corrected chi connectivity index (χ1v) is 7.06. The van der Waals surface area contributed by atoms with Gasteiger partial charge in [0.2, 0.25) is 0 Å². The summed E-state index contributed by atoms with van der Waals surface area (Å²) in [6.45, 7) is 5.13. The maximum Gasteiger partial charge on any atom is 0.254 e. The third kappa shape index (κ3) is 2.76. The summed E-state index contributed by atoms with van der Waals surface area (Å²) in [4.78, 5) is 20.7. The first-order chi connectivity index (χ1) is 9.74. The number of hydrogen-bond acceptors (Lipinski definition) is 5. The van der Waals surface area contributed by atoms with Gasteiger partial charge in [-0.2, -0.15) is 0 Å².